The molecule has 3 nitrogen and oxygen atoms in total. The van der Waals surface area contributed by atoms with Crippen LogP contribution in [0.25, 0.3) is 0 Å². The van der Waals surface area contributed by atoms with Crippen LogP contribution in [0.3, 0.4) is 0 Å². The summed E-state index contributed by atoms with van der Waals surface area (Å²) in [6, 6.07) is 5.88. The lowest BCUT2D eigenvalue weighted by Crippen LogP contribution is -2.44. The second-order valence-corrected chi connectivity index (χ2v) is 4.49. The van der Waals surface area contributed by atoms with E-state index in [1.165, 1.54) is 5.69 Å². The van der Waals surface area contributed by atoms with E-state index in [-0.39, 0.29) is 12.7 Å². The van der Waals surface area contributed by atoms with Gasteiger partial charge in [0, 0.05) is 23.8 Å². The first-order valence-corrected chi connectivity index (χ1v) is 5.82. The van der Waals surface area contributed by atoms with E-state index in [0.29, 0.717) is 6.61 Å². The van der Waals surface area contributed by atoms with Gasteiger partial charge >= 0.3 is 0 Å². The van der Waals surface area contributed by atoms with Gasteiger partial charge < -0.3 is 14.7 Å². The number of nitrogens with zero attached hydrogens (tertiary/aromatic N) is 1. The molecule has 0 radical (unpaired) electrons. The van der Waals surface area contributed by atoms with Crippen LogP contribution < -0.4 is 4.90 Å². The molecular formula is C12H16ClNO2. The molecule has 4 heteroatoms. The van der Waals surface area contributed by atoms with Crippen molar-refractivity contribution in [1.29, 1.82) is 0 Å². The number of morpholine rings is 1. The van der Waals surface area contributed by atoms with Crippen LogP contribution in [0.15, 0.2) is 18.2 Å². The summed E-state index contributed by atoms with van der Waals surface area (Å²) in [6.45, 7) is 4.37. The molecule has 1 N–H and O–H groups in total. The van der Waals surface area contributed by atoms with Gasteiger partial charge in [-0.2, -0.15) is 0 Å². The second-order valence-electron chi connectivity index (χ2n) is 4.05. The first-order chi connectivity index (χ1) is 7.70. The Bertz CT molecular complexity index is 370. The molecule has 0 spiro atoms. The number of aliphatic hydroxyl groups excluding tert-OH is 1. The summed E-state index contributed by atoms with van der Waals surface area (Å²) in [5.74, 6) is 0. The number of anilines is 1. The third-order valence-corrected chi connectivity index (χ3v) is 3.08. The van der Waals surface area contributed by atoms with Gasteiger partial charge in [0.05, 0.1) is 19.3 Å². The summed E-state index contributed by atoms with van der Waals surface area (Å²) in [7, 11) is 0. The summed E-state index contributed by atoms with van der Waals surface area (Å²) >= 11 is 5.93. The molecule has 16 heavy (non-hydrogen) atoms. The predicted molar refractivity (Wildman–Crippen MR) is 65.2 cm³/mol. The van der Waals surface area contributed by atoms with Crippen LogP contribution in [0.5, 0.6) is 0 Å². The summed E-state index contributed by atoms with van der Waals surface area (Å²) in [6.07, 6.45) is -0.0798. The highest BCUT2D eigenvalue weighted by atomic mass is 35.5. The van der Waals surface area contributed by atoms with Gasteiger partial charge in [-0.25, -0.2) is 0 Å². The molecule has 0 aromatic heterocycles. The van der Waals surface area contributed by atoms with E-state index >= 15 is 0 Å². The van der Waals surface area contributed by atoms with Crippen LogP contribution in [-0.2, 0) is 4.74 Å². The maximum absolute atomic E-state index is 9.10. The quantitative estimate of drug-likeness (QED) is 0.858. The lowest BCUT2D eigenvalue weighted by atomic mass is 10.1. The molecule has 1 aliphatic heterocycles. The van der Waals surface area contributed by atoms with Crippen molar-refractivity contribution in [2.75, 3.05) is 31.2 Å². The minimum Gasteiger partial charge on any atom is -0.394 e. The standard InChI is InChI=1S/C12H16ClNO2/c1-9-6-10(13)2-3-12(9)14-4-5-16-11(7-14)8-15/h2-3,6,11,15H,4-5,7-8H2,1H3. The number of halogens is 1. The molecule has 1 saturated heterocycles. The average molecular weight is 242 g/mol. The van der Waals surface area contributed by atoms with Crippen molar-refractivity contribution in [2.45, 2.75) is 13.0 Å². The Labute approximate surface area is 101 Å². The number of hydrogen-bond donors (Lipinski definition) is 1. The van der Waals surface area contributed by atoms with E-state index in [2.05, 4.69) is 4.90 Å². The van der Waals surface area contributed by atoms with Gasteiger partial charge in [0.15, 0.2) is 0 Å². The van der Waals surface area contributed by atoms with E-state index in [1.807, 2.05) is 25.1 Å². The van der Waals surface area contributed by atoms with Gasteiger partial charge in [0.2, 0.25) is 0 Å². The number of aliphatic hydroxyl groups is 1. The molecule has 2 rings (SSSR count). The van der Waals surface area contributed by atoms with Crippen molar-refractivity contribution in [2.24, 2.45) is 0 Å². The molecule has 0 bridgehead atoms. The lowest BCUT2D eigenvalue weighted by Gasteiger charge is -2.34. The molecule has 0 saturated carbocycles. The fourth-order valence-corrected chi connectivity index (χ4v) is 2.25. The van der Waals surface area contributed by atoms with Gasteiger partial charge in [0.1, 0.15) is 0 Å². The van der Waals surface area contributed by atoms with Gasteiger partial charge in [-0.3, -0.25) is 0 Å². The van der Waals surface area contributed by atoms with Crippen molar-refractivity contribution < 1.29 is 9.84 Å². The van der Waals surface area contributed by atoms with Gasteiger partial charge in [-0.1, -0.05) is 11.6 Å². The normalized spacial score (nSPS) is 21.2. The first kappa shape index (κ1) is 11.7. The van der Waals surface area contributed by atoms with Gasteiger partial charge in [-0.15, -0.1) is 0 Å². The zero-order chi connectivity index (χ0) is 11.5. The Morgan fingerprint density at radius 1 is 1.56 bits per heavy atom. The zero-order valence-electron chi connectivity index (χ0n) is 9.32. The van der Waals surface area contributed by atoms with E-state index in [4.69, 9.17) is 21.4 Å². The third-order valence-electron chi connectivity index (χ3n) is 2.84. The SMILES string of the molecule is Cc1cc(Cl)ccc1N1CCOC(CO)C1. The highest BCUT2D eigenvalue weighted by Crippen LogP contribution is 2.25. The van der Waals surface area contributed by atoms with Gasteiger partial charge in [0.25, 0.3) is 0 Å². The maximum Gasteiger partial charge on any atom is 0.0980 e. The number of hydrogen-bond acceptors (Lipinski definition) is 3. The number of benzene rings is 1. The van der Waals surface area contributed by atoms with Crippen molar-refractivity contribution in [1.82, 2.24) is 0 Å². The van der Waals surface area contributed by atoms with Crippen LogP contribution in [0, 0.1) is 6.92 Å². The maximum atomic E-state index is 9.10. The minimum atomic E-state index is -0.0798. The zero-order valence-corrected chi connectivity index (χ0v) is 10.1. The van der Waals surface area contributed by atoms with Crippen LogP contribution >= 0.6 is 11.6 Å². The Balaban J connectivity index is 2.16. The molecule has 0 amide bonds. The molecule has 1 atom stereocenters. The van der Waals surface area contributed by atoms with E-state index in [0.717, 1.165) is 23.7 Å². The fraction of sp³-hybridized carbons (Fsp3) is 0.500. The molecular weight excluding hydrogens is 226 g/mol. The molecule has 88 valence electrons. The molecule has 1 heterocycles. The molecule has 1 aliphatic rings. The molecule has 0 aliphatic carbocycles. The second kappa shape index (κ2) is 5.04. The van der Waals surface area contributed by atoms with Crippen molar-refractivity contribution in [3.63, 3.8) is 0 Å². The van der Waals surface area contributed by atoms with Crippen LogP contribution in [-0.4, -0.2) is 37.5 Å². The topological polar surface area (TPSA) is 32.7 Å². The predicted octanol–water partition coefficient (Wildman–Crippen LogP) is 1.85. The summed E-state index contributed by atoms with van der Waals surface area (Å²) in [4.78, 5) is 2.23. The smallest absolute Gasteiger partial charge is 0.0980 e. The van der Waals surface area contributed by atoms with Crippen molar-refractivity contribution in [3.05, 3.63) is 28.8 Å². The monoisotopic (exact) mass is 241 g/mol. The van der Waals surface area contributed by atoms with Crippen LogP contribution in [0.1, 0.15) is 5.56 Å². The first-order valence-electron chi connectivity index (χ1n) is 5.44. The fourth-order valence-electron chi connectivity index (χ4n) is 2.02. The molecule has 1 unspecified atom stereocenters. The molecule has 1 aromatic rings. The third kappa shape index (κ3) is 2.48. The summed E-state index contributed by atoms with van der Waals surface area (Å²) in [5.41, 5.74) is 2.33. The summed E-state index contributed by atoms with van der Waals surface area (Å²) < 4.78 is 5.42. The summed E-state index contributed by atoms with van der Waals surface area (Å²) in [5, 5.41) is 9.85. The minimum absolute atomic E-state index is 0.0726. The Hall–Kier alpha value is -0.770. The number of ether oxygens (including phenoxy) is 1. The van der Waals surface area contributed by atoms with Crippen LogP contribution in [0.2, 0.25) is 5.02 Å². The number of aryl methyl sites for hydroxylation is 1. The lowest BCUT2D eigenvalue weighted by molar-refractivity contribution is 0.00354. The van der Waals surface area contributed by atoms with E-state index in [9.17, 15) is 0 Å². The average Bonchev–Trinajstić information content (AvgIpc) is 2.29. The van der Waals surface area contributed by atoms with E-state index in [1.54, 1.807) is 0 Å². The number of rotatable bonds is 2. The molecule has 1 aromatic carbocycles. The highest BCUT2D eigenvalue weighted by molar-refractivity contribution is 6.30. The Morgan fingerprint density at radius 2 is 2.38 bits per heavy atom. The van der Waals surface area contributed by atoms with Crippen molar-refractivity contribution in [3.8, 4) is 0 Å². The molecule has 1 fully saturated rings. The highest BCUT2D eigenvalue weighted by Gasteiger charge is 2.20. The van der Waals surface area contributed by atoms with Crippen molar-refractivity contribution >= 4 is 17.3 Å². The largest absolute Gasteiger partial charge is 0.394 e. The van der Waals surface area contributed by atoms with E-state index < -0.39 is 0 Å². The Kier molecular flexibility index (Phi) is 3.69. The Morgan fingerprint density at radius 3 is 3.06 bits per heavy atom. The van der Waals surface area contributed by atoms with Crippen LogP contribution in [0.4, 0.5) is 5.69 Å². The van der Waals surface area contributed by atoms with Gasteiger partial charge in [-0.05, 0) is 30.7 Å².